The van der Waals surface area contributed by atoms with Gasteiger partial charge in [-0.2, -0.15) is 0 Å². The molecule has 0 radical (unpaired) electrons. The highest BCUT2D eigenvalue weighted by atomic mass is 16.5. The molecule has 0 saturated heterocycles. The quantitative estimate of drug-likeness (QED) is 0.724. The van der Waals surface area contributed by atoms with E-state index < -0.39 is 0 Å². The van der Waals surface area contributed by atoms with Crippen LogP contribution in [0.25, 0.3) is 0 Å². The van der Waals surface area contributed by atoms with Crippen LogP contribution in [-0.2, 0) is 0 Å². The van der Waals surface area contributed by atoms with Gasteiger partial charge in [0, 0.05) is 18.7 Å². The highest BCUT2D eigenvalue weighted by molar-refractivity contribution is 5.37. The molecular formula is C12H21N3O2. The summed E-state index contributed by atoms with van der Waals surface area (Å²) in [5, 5.41) is 12.0. The third-order valence-corrected chi connectivity index (χ3v) is 2.29. The smallest absolute Gasteiger partial charge is 0.218 e. The second kappa shape index (κ2) is 7.84. The van der Waals surface area contributed by atoms with Gasteiger partial charge in [0.15, 0.2) is 0 Å². The fourth-order valence-corrected chi connectivity index (χ4v) is 1.43. The predicted octanol–water partition coefficient (Wildman–Crippen LogP) is 1.84. The largest absolute Gasteiger partial charge is 0.478 e. The predicted molar refractivity (Wildman–Crippen MR) is 67.2 cm³/mol. The average Bonchev–Trinajstić information content (AvgIpc) is 2.34. The van der Waals surface area contributed by atoms with Crippen LogP contribution in [0.5, 0.6) is 5.88 Å². The van der Waals surface area contributed by atoms with Gasteiger partial charge in [-0.1, -0.05) is 6.92 Å². The van der Waals surface area contributed by atoms with Crippen LogP contribution in [0.2, 0.25) is 0 Å². The van der Waals surface area contributed by atoms with Crippen molar-refractivity contribution in [3.05, 3.63) is 12.4 Å². The van der Waals surface area contributed by atoms with Gasteiger partial charge in [-0.25, -0.2) is 9.97 Å². The Balaban J connectivity index is 2.47. The molecule has 0 aliphatic heterocycles. The molecule has 0 saturated carbocycles. The van der Waals surface area contributed by atoms with Gasteiger partial charge < -0.3 is 15.2 Å². The van der Waals surface area contributed by atoms with Gasteiger partial charge in [0.2, 0.25) is 5.88 Å². The lowest BCUT2D eigenvalue weighted by Gasteiger charge is -2.14. The second-order valence-corrected chi connectivity index (χ2v) is 4.00. The Morgan fingerprint density at radius 1 is 1.47 bits per heavy atom. The molecule has 0 fully saturated rings. The van der Waals surface area contributed by atoms with E-state index in [1.807, 2.05) is 0 Å². The van der Waals surface area contributed by atoms with Crippen LogP contribution in [0, 0.1) is 0 Å². The van der Waals surface area contributed by atoms with Crippen molar-refractivity contribution in [2.45, 2.75) is 39.2 Å². The highest BCUT2D eigenvalue weighted by Crippen LogP contribution is 2.13. The Morgan fingerprint density at radius 2 is 2.29 bits per heavy atom. The fourth-order valence-electron chi connectivity index (χ4n) is 1.43. The number of aliphatic hydroxyl groups excluding tert-OH is 1. The fraction of sp³-hybridized carbons (Fsp3) is 0.667. The zero-order valence-electron chi connectivity index (χ0n) is 10.5. The van der Waals surface area contributed by atoms with Crippen LogP contribution >= 0.6 is 0 Å². The summed E-state index contributed by atoms with van der Waals surface area (Å²) in [6, 6.07) is 2.07. The van der Waals surface area contributed by atoms with Gasteiger partial charge in [0.1, 0.15) is 12.1 Å². The molecule has 96 valence electrons. The molecular weight excluding hydrogens is 218 g/mol. The summed E-state index contributed by atoms with van der Waals surface area (Å²) in [7, 11) is 0. The molecule has 1 heterocycles. The normalized spacial score (nSPS) is 12.2. The van der Waals surface area contributed by atoms with Gasteiger partial charge in [0.05, 0.1) is 6.61 Å². The molecule has 1 atom stereocenters. The molecule has 5 nitrogen and oxygen atoms in total. The van der Waals surface area contributed by atoms with E-state index in [4.69, 9.17) is 9.84 Å². The summed E-state index contributed by atoms with van der Waals surface area (Å²) < 4.78 is 5.43. The number of ether oxygens (including phenoxy) is 1. The number of hydrogen-bond acceptors (Lipinski definition) is 5. The number of nitrogens with zero attached hydrogens (tertiary/aromatic N) is 2. The molecule has 0 aliphatic carbocycles. The third kappa shape index (κ3) is 5.49. The van der Waals surface area contributed by atoms with E-state index in [9.17, 15) is 0 Å². The summed E-state index contributed by atoms with van der Waals surface area (Å²) in [6.07, 6.45) is 4.15. The number of rotatable bonds is 8. The Bertz CT molecular complexity index is 320. The number of aliphatic hydroxyl groups is 1. The standard InChI is InChI=1S/C12H21N3O2/c1-3-7-17-12-8-11(13-9-14-12)15-10(2)5-4-6-16/h8-10,16H,3-7H2,1-2H3,(H,13,14,15). The molecule has 0 aromatic carbocycles. The van der Waals surface area contributed by atoms with Crippen LogP contribution in [0.1, 0.15) is 33.1 Å². The Morgan fingerprint density at radius 3 is 3.00 bits per heavy atom. The van der Waals surface area contributed by atoms with E-state index in [0.29, 0.717) is 12.5 Å². The molecule has 5 heteroatoms. The second-order valence-electron chi connectivity index (χ2n) is 4.00. The van der Waals surface area contributed by atoms with E-state index in [2.05, 4.69) is 29.1 Å². The van der Waals surface area contributed by atoms with Crippen LogP contribution in [-0.4, -0.2) is 34.3 Å². The molecule has 1 aromatic heterocycles. The van der Waals surface area contributed by atoms with Crippen molar-refractivity contribution >= 4 is 5.82 Å². The first-order chi connectivity index (χ1) is 8.26. The molecule has 1 unspecified atom stereocenters. The van der Waals surface area contributed by atoms with E-state index in [-0.39, 0.29) is 12.6 Å². The van der Waals surface area contributed by atoms with E-state index in [1.54, 1.807) is 6.07 Å². The molecule has 1 aromatic rings. The first-order valence-corrected chi connectivity index (χ1v) is 6.08. The Kier molecular flexibility index (Phi) is 6.32. The first-order valence-electron chi connectivity index (χ1n) is 6.08. The average molecular weight is 239 g/mol. The number of anilines is 1. The number of aromatic nitrogens is 2. The van der Waals surface area contributed by atoms with Crippen LogP contribution in [0.4, 0.5) is 5.82 Å². The van der Waals surface area contributed by atoms with Crippen molar-refractivity contribution in [1.82, 2.24) is 9.97 Å². The van der Waals surface area contributed by atoms with E-state index in [0.717, 1.165) is 25.1 Å². The lowest BCUT2D eigenvalue weighted by atomic mass is 10.2. The Hall–Kier alpha value is -1.36. The number of nitrogens with one attached hydrogen (secondary N) is 1. The van der Waals surface area contributed by atoms with Crippen molar-refractivity contribution in [2.24, 2.45) is 0 Å². The zero-order valence-corrected chi connectivity index (χ0v) is 10.5. The van der Waals surface area contributed by atoms with Crippen LogP contribution < -0.4 is 10.1 Å². The lowest BCUT2D eigenvalue weighted by molar-refractivity contribution is 0.282. The summed E-state index contributed by atoms with van der Waals surface area (Å²) in [6.45, 7) is 5.00. The monoisotopic (exact) mass is 239 g/mol. The maximum atomic E-state index is 8.75. The summed E-state index contributed by atoms with van der Waals surface area (Å²) in [5.41, 5.74) is 0. The van der Waals surface area contributed by atoms with Crippen LogP contribution in [0.15, 0.2) is 12.4 Å². The molecule has 0 spiro atoms. The van der Waals surface area contributed by atoms with Crippen molar-refractivity contribution in [1.29, 1.82) is 0 Å². The minimum absolute atomic E-state index is 0.223. The summed E-state index contributed by atoms with van der Waals surface area (Å²) in [4.78, 5) is 8.16. The van der Waals surface area contributed by atoms with Gasteiger partial charge in [0.25, 0.3) is 0 Å². The minimum atomic E-state index is 0.223. The van der Waals surface area contributed by atoms with E-state index in [1.165, 1.54) is 6.33 Å². The van der Waals surface area contributed by atoms with Crippen molar-refractivity contribution in [2.75, 3.05) is 18.5 Å². The number of hydrogen-bond donors (Lipinski definition) is 2. The van der Waals surface area contributed by atoms with Gasteiger partial charge >= 0.3 is 0 Å². The molecule has 0 amide bonds. The topological polar surface area (TPSA) is 67.3 Å². The van der Waals surface area contributed by atoms with Crippen molar-refractivity contribution < 1.29 is 9.84 Å². The van der Waals surface area contributed by atoms with Crippen molar-refractivity contribution in [3.8, 4) is 5.88 Å². The van der Waals surface area contributed by atoms with Gasteiger partial charge in [-0.05, 0) is 26.2 Å². The highest BCUT2D eigenvalue weighted by Gasteiger charge is 2.04. The summed E-state index contributed by atoms with van der Waals surface area (Å²) in [5.74, 6) is 1.36. The van der Waals surface area contributed by atoms with Crippen LogP contribution in [0.3, 0.4) is 0 Å². The van der Waals surface area contributed by atoms with Gasteiger partial charge in [-0.3, -0.25) is 0 Å². The van der Waals surface area contributed by atoms with E-state index >= 15 is 0 Å². The molecule has 1 rings (SSSR count). The van der Waals surface area contributed by atoms with Gasteiger partial charge in [-0.15, -0.1) is 0 Å². The molecule has 17 heavy (non-hydrogen) atoms. The summed E-state index contributed by atoms with van der Waals surface area (Å²) >= 11 is 0. The zero-order chi connectivity index (χ0) is 12.5. The lowest BCUT2D eigenvalue weighted by Crippen LogP contribution is -2.16. The molecule has 0 aliphatic rings. The van der Waals surface area contributed by atoms with Crippen molar-refractivity contribution in [3.63, 3.8) is 0 Å². The minimum Gasteiger partial charge on any atom is -0.478 e. The molecule has 2 N–H and O–H groups in total. The third-order valence-electron chi connectivity index (χ3n) is 2.29. The maximum absolute atomic E-state index is 8.75. The maximum Gasteiger partial charge on any atom is 0.218 e. The first kappa shape index (κ1) is 13.7. The SMILES string of the molecule is CCCOc1cc(NC(C)CCCO)ncn1. The molecule has 0 bridgehead atoms. The Labute approximate surface area is 102 Å².